The zero-order valence-corrected chi connectivity index (χ0v) is 17.2. The monoisotopic (exact) mass is 390 g/mol. The van der Waals surface area contributed by atoms with Crippen LogP contribution in [0.4, 0.5) is 0 Å². The standard InChI is InChI=1S/C23H26N4O2/c1-23(2,22(28)29-4)13-15-5-7-18(8-6-15)21-26-19(14-27(21)3)16-9-11-17(12-10-16)20(24)25/h5-12,14H,13H2,1-4H3,(H3,24,25). The highest BCUT2D eigenvalue weighted by molar-refractivity contribution is 5.95. The lowest BCUT2D eigenvalue weighted by atomic mass is 9.85. The zero-order chi connectivity index (χ0) is 21.2. The van der Waals surface area contributed by atoms with Gasteiger partial charge in [-0.1, -0.05) is 48.5 Å². The number of rotatable bonds is 6. The molecular formula is C23H26N4O2. The Morgan fingerprint density at radius 3 is 2.24 bits per heavy atom. The van der Waals surface area contributed by atoms with Gasteiger partial charge in [-0.25, -0.2) is 4.98 Å². The van der Waals surface area contributed by atoms with Gasteiger partial charge in [0.05, 0.1) is 18.2 Å². The minimum absolute atomic E-state index is 0.0497. The zero-order valence-electron chi connectivity index (χ0n) is 17.2. The summed E-state index contributed by atoms with van der Waals surface area (Å²) in [6.07, 6.45) is 2.58. The van der Waals surface area contributed by atoms with Crippen molar-refractivity contribution in [2.45, 2.75) is 20.3 Å². The molecule has 0 saturated heterocycles. The molecule has 0 unspecified atom stereocenters. The Hall–Kier alpha value is -3.41. The molecule has 2 aromatic carbocycles. The van der Waals surface area contributed by atoms with Crippen molar-refractivity contribution in [2.75, 3.05) is 7.11 Å². The summed E-state index contributed by atoms with van der Waals surface area (Å²) >= 11 is 0. The Kier molecular flexibility index (Phi) is 5.55. The molecule has 150 valence electrons. The number of hydrogen-bond donors (Lipinski definition) is 2. The van der Waals surface area contributed by atoms with Crippen LogP contribution in [-0.4, -0.2) is 28.5 Å². The molecule has 3 aromatic rings. The molecule has 0 fully saturated rings. The van der Waals surface area contributed by atoms with E-state index in [2.05, 4.69) is 0 Å². The number of nitrogen functional groups attached to an aromatic ring is 1. The van der Waals surface area contributed by atoms with E-state index in [4.69, 9.17) is 20.9 Å². The van der Waals surface area contributed by atoms with E-state index < -0.39 is 5.41 Å². The predicted octanol–water partition coefficient (Wildman–Crippen LogP) is 3.78. The molecule has 6 heteroatoms. The van der Waals surface area contributed by atoms with E-state index in [1.165, 1.54) is 7.11 Å². The molecule has 3 N–H and O–H groups in total. The average Bonchev–Trinajstić information content (AvgIpc) is 3.09. The highest BCUT2D eigenvalue weighted by Gasteiger charge is 2.28. The third kappa shape index (κ3) is 4.37. The number of carbonyl (C=O) groups excluding carboxylic acids is 1. The van der Waals surface area contributed by atoms with Crippen molar-refractivity contribution in [3.8, 4) is 22.6 Å². The van der Waals surface area contributed by atoms with Gasteiger partial charge in [0, 0.05) is 29.9 Å². The van der Waals surface area contributed by atoms with Gasteiger partial charge in [-0.05, 0) is 25.8 Å². The van der Waals surface area contributed by atoms with Crippen LogP contribution in [0.25, 0.3) is 22.6 Å². The normalized spacial score (nSPS) is 11.3. The molecule has 0 atom stereocenters. The number of amidine groups is 1. The van der Waals surface area contributed by atoms with Gasteiger partial charge >= 0.3 is 5.97 Å². The first kappa shape index (κ1) is 20.3. The van der Waals surface area contributed by atoms with Crippen molar-refractivity contribution < 1.29 is 9.53 Å². The van der Waals surface area contributed by atoms with E-state index in [9.17, 15) is 4.79 Å². The number of ether oxygens (including phenoxy) is 1. The maximum Gasteiger partial charge on any atom is 0.311 e. The lowest BCUT2D eigenvalue weighted by Crippen LogP contribution is -2.27. The molecule has 0 aliphatic carbocycles. The number of aryl methyl sites for hydroxylation is 1. The Balaban J connectivity index is 1.83. The fourth-order valence-corrected chi connectivity index (χ4v) is 3.32. The summed E-state index contributed by atoms with van der Waals surface area (Å²) in [7, 11) is 3.38. The molecule has 3 rings (SSSR count). The van der Waals surface area contributed by atoms with Crippen molar-refractivity contribution in [2.24, 2.45) is 18.2 Å². The molecule has 0 aliphatic rings. The Labute approximate surface area is 170 Å². The topological polar surface area (TPSA) is 94.0 Å². The molecule has 0 amide bonds. The van der Waals surface area contributed by atoms with Crippen LogP contribution in [0, 0.1) is 10.8 Å². The van der Waals surface area contributed by atoms with Gasteiger partial charge in [0.15, 0.2) is 0 Å². The Bertz CT molecular complexity index is 1030. The summed E-state index contributed by atoms with van der Waals surface area (Å²) in [5, 5.41) is 7.50. The van der Waals surface area contributed by atoms with Crippen molar-refractivity contribution >= 4 is 11.8 Å². The minimum atomic E-state index is -0.571. The number of aromatic nitrogens is 2. The van der Waals surface area contributed by atoms with E-state index in [0.717, 1.165) is 28.2 Å². The largest absolute Gasteiger partial charge is 0.469 e. The molecule has 1 aromatic heterocycles. The smallest absolute Gasteiger partial charge is 0.311 e. The van der Waals surface area contributed by atoms with Gasteiger partial charge in [0.25, 0.3) is 0 Å². The van der Waals surface area contributed by atoms with Crippen LogP contribution in [0.15, 0.2) is 54.7 Å². The molecule has 29 heavy (non-hydrogen) atoms. The van der Waals surface area contributed by atoms with Crippen molar-refractivity contribution in [3.05, 3.63) is 65.9 Å². The molecule has 0 spiro atoms. The second-order valence-corrected chi connectivity index (χ2v) is 7.80. The second-order valence-electron chi connectivity index (χ2n) is 7.80. The second kappa shape index (κ2) is 7.91. The summed E-state index contributed by atoms with van der Waals surface area (Å²) in [4.78, 5) is 16.7. The van der Waals surface area contributed by atoms with Crippen LogP contribution < -0.4 is 5.73 Å². The summed E-state index contributed by atoms with van der Waals surface area (Å²) in [6.45, 7) is 3.77. The third-order valence-electron chi connectivity index (χ3n) is 4.96. The molecule has 1 heterocycles. The number of nitrogens with two attached hydrogens (primary N) is 1. The summed E-state index contributed by atoms with van der Waals surface area (Å²) in [6, 6.07) is 15.6. The maximum atomic E-state index is 11.9. The number of carbonyl (C=O) groups is 1. The van der Waals surface area contributed by atoms with Crippen molar-refractivity contribution in [1.82, 2.24) is 9.55 Å². The molecular weight excluding hydrogens is 364 g/mol. The molecule has 0 radical (unpaired) electrons. The van der Waals surface area contributed by atoms with Crippen LogP contribution in [0.2, 0.25) is 0 Å². The fraction of sp³-hybridized carbons (Fsp3) is 0.261. The fourth-order valence-electron chi connectivity index (χ4n) is 3.32. The van der Waals surface area contributed by atoms with E-state index >= 15 is 0 Å². The first-order chi connectivity index (χ1) is 13.7. The quantitative estimate of drug-likeness (QED) is 0.380. The first-order valence-corrected chi connectivity index (χ1v) is 9.37. The molecule has 0 saturated carbocycles. The Morgan fingerprint density at radius 2 is 1.69 bits per heavy atom. The van der Waals surface area contributed by atoms with Crippen LogP contribution in [0.5, 0.6) is 0 Å². The SMILES string of the molecule is COC(=O)C(C)(C)Cc1ccc(-c2nc(-c3ccc(C(=N)N)cc3)cn2C)cc1. The summed E-state index contributed by atoms with van der Waals surface area (Å²) < 4.78 is 6.88. The lowest BCUT2D eigenvalue weighted by molar-refractivity contribution is -0.150. The van der Waals surface area contributed by atoms with Crippen LogP contribution in [-0.2, 0) is 23.0 Å². The minimum Gasteiger partial charge on any atom is -0.469 e. The highest BCUT2D eigenvalue weighted by Crippen LogP contribution is 2.27. The van der Waals surface area contributed by atoms with Gasteiger partial charge in [0.2, 0.25) is 0 Å². The summed E-state index contributed by atoms with van der Waals surface area (Å²) in [5.41, 5.74) is 9.53. The number of imidazole rings is 1. The molecule has 0 aliphatic heterocycles. The van der Waals surface area contributed by atoms with E-state index in [1.807, 2.05) is 80.2 Å². The number of benzene rings is 2. The highest BCUT2D eigenvalue weighted by atomic mass is 16.5. The first-order valence-electron chi connectivity index (χ1n) is 9.37. The maximum absolute atomic E-state index is 11.9. The predicted molar refractivity (Wildman–Crippen MR) is 115 cm³/mol. The van der Waals surface area contributed by atoms with Crippen LogP contribution in [0.1, 0.15) is 25.0 Å². The Morgan fingerprint density at radius 1 is 1.10 bits per heavy atom. The van der Waals surface area contributed by atoms with Crippen LogP contribution >= 0.6 is 0 Å². The van der Waals surface area contributed by atoms with E-state index in [-0.39, 0.29) is 11.8 Å². The number of nitrogens with zero attached hydrogens (tertiary/aromatic N) is 2. The van der Waals surface area contributed by atoms with Crippen molar-refractivity contribution in [1.29, 1.82) is 5.41 Å². The van der Waals surface area contributed by atoms with E-state index in [1.54, 1.807) is 0 Å². The molecule has 6 nitrogen and oxygen atoms in total. The number of esters is 1. The van der Waals surface area contributed by atoms with Gasteiger partial charge < -0.3 is 15.0 Å². The van der Waals surface area contributed by atoms with Crippen LogP contribution in [0.3, 0.4) is 0 Å². The van der Waals surface area contributed by atoms with Gasteiger partial charge in [-0.2, -0.15) is 0 Å². The third-order valence-corrected chi connectivity index (χ3v) is 4.96. The van der Waals surface area contributed by atoms with Gasteiger partial charge in [0.1, 0.15) is 11.7 Å². The average molecular weight is 390 g/mol. The van der Waals surface area contributed by atoms with Crippen molar-refractivity contribution in [3.63, 3.8) is 0 Å². The molecule has 0 bridgehead atoms. The number of nitrogens with one attached hydrogen (secondary N) is 1. The van der Waals surface area contributed by atoms with E-state index in [0.29, 0.717) is 12.0 Å². The number of methoxy groups -OCH3 is 1. The number of hydrogen-bond acceptors (Lipinski definition) is 4. The lowest BCUT2D eigenvalue weighted by Gasteiger charge is -2.21. The summed E-state index contributed by atoms with van der Waals surface area (Å²) in [5.74, 6) is 0.689. The van der Waals surface area contributed by atoms with Gasteiger partial charge in [-0.3, -0.25) is 10.2 Å². The van der Waals surface area contributed by atoms with Gasteiger partial charge in [-0.15, -0.1) is 0 Å².